The Morgan fingerprint density at radius 1 is 1.05 bits per heavy atom. The second-order valence-electron chi connectivity index (χ2n) is 4.98. The van der Waals surface area contributed by atoms with E-state index in [9.17, 15) is 4.79 Å². The van der Waals surface area contributed by atoms with Crippen molar-refractivity contribution < 1.29 is 4.79 Å². The van der Waals surface area contributed by atoms with Crippen LogP contribution >= 0.6 is 11.6 Å². The minimum absolute atomic E-state index is 0.154. The minimum atomic E-state index is -0.154. The van der Waals surface area contributed by atoms with E-state index < -0.39 is 0 Å². The molecule has 0 aliphatic rings. The lowest BCUT2D eigenvalue weighted by molar-refractivity contribution is 0.240. The highest BCUT2D eigenvalue weighted by molar-refractivity contribution is 6.30. The summed E-state index contributed by atoms with van der Waals surface area (Å²) in [6.45, 7) is 3.15. The van der Waals surface area contributed by atoms with E-state index in [-0.39, 0.29) is 6.03 Å². The number of rotatable bonds is 5. The fraction of sp³-hybridized carbons (Fsp3) is 0.235. The summed E-state index contributed by atoms with van der Waals surface area (Å²) in [7, 11) is 0. The van der Waals surface area contributed by atoms with E-state index in [1.54, 1.807) is 0 Å². The van der Waals surface area contributed by atoms with Crippen LogP contribution in [0.3, 0.4) is 0 Å². The van der Waals surface area contributed by atoms with E-state index in [1.807, 2.05) is 49.4 Å². The average molecular weight is 303 g/mol. The van der Waals surface area contributed by atoms with Gasteiger partial charge in [0.1, 0.15) is 0 Å². The van der Waals surface area contributed by atoms with E-state index in [2.05, 4.69) is 16.7 Å². The first kappa shape index (κ1) is 15.4. The Labute approximate surface area is 130 Å². The molecule has 110 valence electrons. The first-order valence-corrected chi connectivity index (χ1v) is 7.33. The van der Waals surface area contributed by atoms with Gasteiger partial charge in [0, 0.05) is 18.1 Å². The van der Waals surface area contributed by atoms with E-state index in [0.717, 1.165) is 22.6 Å². The largest absolute Gasteiger partial charge is 0.338 e. The molecule has 0 heterocycles. The standard InChI is InChI=1S/C17H19ClN2O/c1-13-4-2-6-15(10-13)12-20-17(21)19-9-8-14-5-3-7-16(18)11-14/h2-7,10-11H,8-9,12H2,1H3,(H2,19,20,21). The maximum absolute atomic E-state index is 11.7. The number of hydrogen-bond acceptors (Lipinski definition) is 1. The van der Waals surface area contributed by atoms with Gasteiger partial charge in [0.2, 0.25) is 0 Å². The normalized spacial score (nSPS) is 10.2. The molecule has 21 heavy (non-hydrogen) atoms. The number of aryl methyl sites for hydroxylation is 1. The number of hydrogen-bond donors (Lipinski definition) is 2. The molecule has 4 heteroatoms. The van der Waals surface area contributed by atoms with Gasteiger partial charge in [-0.3, -0.25) is 0 Å². The van der Waals surface area contributed by atoms with Crippen molar-refractivity contribution in [1.82, 2.24) is 10.6 Å². The molecule has 0 aromatic heterocycles. The summed E-state index contributed by atoms with van der Waals surface area (Å²) in [6, 6.07) is 15.6. The predicted molar refractivity (Wildman–Crippen MR) is 86.6 cm³/mol. The van der Waals surface area contributed by atoms with Crippen LogP contribution in [0.15, 0.2) is 48.5 Å². The van der Waals surface area contributed by atoms with Gasteiger partial charge in [-0.25, -0.2) is 4.79 Å². The van der Waals surface area contributed by atoms with E-state index in [1.165, 1.54) is 5.56 Å². The first-order chi connectivity index (χ1) is 10.1. The van der Waals surface area contributed by atoms with Gasteiger partial charge in [-0.1, -0.05) is 53.6 Å². The van der Waals surface area contributed by atoms with Gasteiger partial charge in [-0.15, -0.1) is 0 Å². The van der Waals surface area contributed by atoms with Gasteiger partial charge in [0.25, 0.3) is 0 Å². The summed E-state index contributed by atoms with van der Waals surface area (Å²) in [5.74, 6) is 0. The minimum Gasteiger partial charge on any atom is -0.338 e. The molecule has 2 amide bonds. The van der Waals surface area contributed by atoms with Crippen LogP contribution in [0.5, 0.6) is 0 Å². The van der Waals surface area contributed by atoms with Crippen molar-refractivity contribution in [2.45, 2.75) is 19.9 Å². The molecule has 3 nitrogen and oxygen atoms in total. The summed E-state index contributed by atoms with van der Waals surface area (Å²) >= 11 is 5.92. The third kappa shape index (κ3) is 5.48. The molecule has 0 aliphatic carbocycles. The molecule has 2 aromatic carbocycles. The number of carbonyl (C=O) groups is 1. The summed E-state index contributed by atoms with van der Waals surface area (Å²) in [5, 5.41) is 6.41. The highest BCUT2D eigenvalue weighted by Gasteiger charge is 2.01. The molecular formula is C17H19ClN2O. The summed E-state index contributed by atoms with van der Waals surface area (Å²) < 4.78 is 0. The molecule has 2 aromatic rings. The molecule has 2 N–H and O–H groups in total. The van der Waals surface area contributed by atoms with Crippen LogP contribution in [0.2, 0.25) is 5.02 Å². The quantitative estimate of drug-likeness (QED) is 0.869. The number of amides is 2. The van der Waals surface area contributed by atoms with Gasteiger partial charge in [-0.05, 0) is 36.6 Å². The monoisotopic (exact) mass is 302 g/mol. The van der Waals surface area contributed by atoms with Crippen molar-refractivity contribution in [3.63, 3.8) is 0 Å². The fourth-order valence-electron chi connectivity index (χ4n) is 2.08. The summed E-state index contributed by atoms with van der Waals surface area (Å²) in [5.41, 5.74) is 3.40. The van der Waals surface area contributed by atoms with Crippen LogP contribution in [-0.4, -0.2) is 12.6 Å². The highest BCUT2D eigenvalue weighted by Crippen LogP contribution is 2.10. The number of carbonyl (C=O) groups excluding carboxylic acids is 1. The van der Waals surface area contributed by atoms with E-state index in [0.29, 0.717) is 13.1 Å². The SMILES string of the molecule is Cc1cccc(CNC(=O)NCCc2cccc(Cl)c2)c1. The molecule has 0 saturated heterocycles. The third-order valence-corrected chi connectivity index (χ3v) is 3.36. The molecule has 0 unspecified atom stereocenters. The van der Waals surface area contributed by atoms with Gasteiger partial charge in [-0.2, -0.15) is 0 Å². The van der Waals surface area contributed by atoms with Crippen molar-refractivity contribution in [2.75, 3.05) is 6.54 Å². The number of urea groups is 1. The van der Waals surface area contributed by atoms with Crippen LogP contribution in [0.25, 0.3) is 0 Å². The lowest BCUT2D eigenvalue weighted by atomic mass is 10.1. The van der Waals surface area contributed by atoms with Crippen molar-refractivity contribution in [3.05, 3.63) is 70.2 Å². The molecule has 0 aliphatic heterocycles. The zero-order chi connectivity index (χ0) is 15.1. The fourth-order valence-corrected chi connectivity index (χ4v) is 2.29. The highest BCUT2D eigenvalue weighted by atomic mass is 35.5. The predicted octanol–water partition coefficient (Wildman–Crippen LogP) is 3.69. The van der Waals surface area contributed by atoms with Crippen LogP contribution in [0.4, 0.5) is 4.79 Å². The number of halogens is 1. The van der Waals surface area contributed by atoms with Crippen molar-refractivity contribution in [1.29, 1.82) is 0 Å². The Kier molecular flexibility index (Phi) is 5.64. The molecule has 0 spiro atoms. The number of benzene rings is 2. The molecule has 2 rings (SSSR count). The maximum atomic E-state index is 11.7. The third-order valence-electron chi connectivity index (χ3n) is 3.12. The van der Waals surface area contributed by atoms with Crippen LogP contribution in [-0.2, 0) is 13.0 Å². The average Bonchev–Trinajstić information content (AvgIpc) is 2.45. The summed E-state index contributed by atoms with van der Waals surface area (Å²) in [4.78, 5) is 11.7. The molecule has 0 radical (unpaired) electrons. The maximum Gasteiger partial charge on any atom is 0.315 e. The Hall–Kier alpha value is -2.00. The van der Waals surface area contributed by atoms with Crippen molar-refractivity contribution >= 4 is 17.6 Å². The van der Waals surface area contributed by atoms with Gasteiger partial charge in [0.15, 0.2) is 0 Å². The smallest absolute Gasteiger partial charge is 0.315 e. The van der Waals surface area contributed by atoms with Crippen LogP contribution in [0, 0.1) is 6.92 Å². The second kappa shape index (κ2) is 7.70. The van der Waals surface area contributed by atoms with E-state index in [4.69, 9.17) is 11.6 Å². The van der Waals surface area contributed by atoms with Crippen LogP contribution < -0.4 is 10.6 Å². The molecule has 0 atom stereocenters. The van der Waals surface area contributed by atoms with Gasteiger partial charge in [0.05, 0.1) is 0 Å². The Balaban J connectivity index is 1.70. The van der Waals surface area contributed by atoms with Crippen LogP contribution in [0.1, 0.15) is 16.7 Å². The first-order valence-electron chi connectivity index (χ1n) is 6.95. The Morgan fingerprint density at radius 3 is 2.57 bits per heavy atom. The van der Waals surface area contributed by atoms with Crippen molar-refractivity contribution in [3.8, 4) is 0 Å². The van der Waals surface area contributed by atoms with E-state index >= 15 is 0 Å². The molecule has 0 fully saturated rings. The zero-order valence-corrected chi connectivity index (χ0v) is 12.8. The topological polar surface area (TPSA) is 41.1 Å². The lowest BCUT2D eigenvalue weighted by Crippen LogP contribution is -2.36. The Morgan fingerprint density at radius 2 is 1.81 bits per heavy atom. The second-order valence-corrected chi connectivity index (χ2v) is 5.41. The number of nitrogens with one attached hydrogen (secondary N) is 2. The molecule has 0 bridgehead atoms. The Bertz CT molecular complexity index is 613. The lowest BCUT2D eigenvalue weighted by Gasteiger charge is -2.08. The zero-order valence-electron chi connectivity index (χ0n) is 12.0. The van der Waals surface area contributed by atoms with Gasteiger partial charge >= 0.3 is 6.03 Å². The van der Waals surface area contributed by atoms with Gasteiger partial charge < -0.3 is 10.6 Å². The molecular weight excluding hydrogens is 284 g/mol. The summed E-state index contributed by atoms with van der Waals surface area (Å²) in [6.07, 6.45) is 0.762. The molecule has 0 saturated carbocycles. The van der Waals surface area contributed by atoms with Crippen molar-refractivity contribution in [2.24, 2.45) is 0 Å².